The monoisotopic (exact) mass is 361 g/mol. The minimum absolute atomic E-state index is 0.220. The molecule has 0 aliphatic carbocycles. The number of halogens is 4. The SMILES string of the molecule is CCc1nccn1CC(N)(c1cc(Br)ccc1F)C(F)F. The van der Waals surface area contributed by atoms with Crippen molar-refractivity contribution in [3.63, 3.8) is 0 Å². The third-order valence-electron chi connectivity index (χ3n) is 3.37. The van der Waals surface area contributed by atoms with Gasteiger partial charge in [0.25, 0.3) is 6.43 Å². The fraction of sp³-hybridized carbons (Fsp3) is 0.357. The van der Waals surface area contributed by atoms with Gasteiger partial charge in [0.15, 0.2) is 0 Å². The largest absolute Gasteiger partial charge is 0.333 e. The number of aromatic nitrogens is 2. The highest BCUT2D eigenvalue weighted by molar-refractivity contribution is 9.10. The van der Waals surface area contributed by atoms with Crippen LogP contribution in [0.4, 0.5) is 13.2 Å². The summed E-state index contributed by atoms with van der Waals surface area (Å²) in [6.45, 7) is 1.61. The van der Waals surface area contributed by atoms with E-state index < -0.39 is 17.8 Å². The molecule has 0 aliphatic rings. The van der Waals surface area contributed by atoms with Crippen molar-refractivity contribution in [3.05, 3.63) is 52.3 Å². The summed E-state index contributed by atoms with van der Waals surface area (Å²) in [5, 5.41) is 0. The van der Waals surface area contributed by atoms with E-state index in [0.29, 0.717) is 16.7 Å². The topological polar surface area (TPSA) is 43.8 Å². The predicted octanol–water partition coefficient (Wildman–Crippen LogP) is 3.47. The lowest BCUT2D eigenvalue weighted by Gasteiger charge is -2.30. The maximum absolute atomic E-state index is 14.0. The van der Waals surface area contributed by atoms with Crippen molar-refractivity contribution in [1.82, 2.24) is 9.55 Å². The van der Waals surface area contributed by atoms with E-state index in [1.807, 2.05) is 6.92 Å². The van der Waals surface area contributed by atoms with Crippen LogP contribution >= 0.6 is 15.9 Å². The highest BCUT2D eigenvalue weighted by Crippen LogP contribution is 2.32. The van der Waals surface area contributed by atoms with Gasteiger partial charge in [-0.05, 0) is 18.2 Å². The number of aryl methyl sites for hydroxylation is 1. The van der Waals surface area contributed by atoms with Crippen LogP contribution in [0.5, 0.6) is 0 Å². The molecule has 1 heterocycles. The van der Waals surface area contributed by atoms with Crippen LogP contribution in [0.15, 0.2) is 35.1 Å². The van der Waals surface area contributed by atoms with Gasteiger partial charge in [-0.2, -0.15) is 0 Å². The Balaban J connectivity index is 2.48. The van der Waals surface area contributed by atoms with E-state index in [1.165, 1.54) is 22.9 Å². The summed E-state index contributed by atoms with van der Waals surface area (Å²) < 4.78 is 43.1. The molecule has 114 valence electrons. The summed E-state index contributed by atoms with van der Waals surface area (Å²) in [4.78, 5) is 4.07. The van der Waals surface area contributed by atoms with Gasteiger partial charge in [0, 0.05) is 28.9 Å². The van der Waals surface area contributed by atoms with Crippen LogP contribution in [-0.2, 0) is 18.5 Å². The first kappa shape index (κ1) is 16.0. The summed E-state index contributed by atoms with van der Waals surface area (Å²) in [5.74, 6) is -0.125. The van der Waals surface area contributed by atoms with E-state index in [4.69, 9.17) is 5.73 Å². The van der Waals surface area contributed by atoms with Gasteiger partial charge in [-0.1, -0.05) is 22.9 Å². The molecule has 1 unspecified atom stereocenters. The molecule has 0 amide bonds. The number of benzene rings is 1. The van der Waals surface area contributed by atoms with Gasteiger partial charge in [-0.15, -0.1) is 0 Å². The third-order valence-corrected chi connectivity index (χ3v) is 3.86. The normalized spacial score (nSPS) is 14.4. The zero-order valence-corrected chi connectivity index (χ0v) is 12.9. The van der Waals surface area contributed by atoms with Crippen molar-refractivity contribution in [2.24, 2.45) is 5.73 Å². The Hall–Kier alpha value is -1.34. The Bertz CT molecular complexity index is 630. The lowest BCUT2D eigenvalue weighted by molar-refractivity contribution is 0.0386. The number of nitrogens with two attached hydrogens (primary N) is 1. The molecule has 7 heteroatoms. The second-order valence-corrected chi connectivity index (χ2v) is 5.71. The van der Waals surface area contributed by atoms with Gasteiger partial charge in [0.05, 0.1) is 6.54 Å². The first-order chi connectivity index (χ1) is 9.88. The second kappa shape index (κ2) is 6.19. The number of hydrogen-bond donors (Lipinski definition) is 1. The Morgan fingerprint density at radius 1 is 1.43 bits per heavy atom. The van der Waals surface area contributed by atoms with E-state index in [9.17, 15) is 13.2 Å². The van der Waals surface area contributed by atoms with Gasteiger partial charge in [0.1, 0.15) is 17.2 Å². The zero-order valence-electron chi connectivity index (χ0n) is 11.4. The molecule has 21 heavy (non-hydrogen) atoms. The van der Waals surface area contributed by atoms with Gasteiger partial charge in [0.2, 0.25) is 0 Å². The molecular weight excluding hydrogens is 347 g/mol. The average molecular weight is 362 g/mol. The Morgan fingerprint density at radius 3 is 2.76 bits per heavy atom. The molecular formula is C14H15BrF3N3. The summed E-state index contributed by atoms with van der Waals surface area (Å²) in [7, 11) is 0. The van der Waals surface area contributed by atoms with Gasteiger partial charge in [-0.3, -0.25) is 0 Å². The molecule has 0 fully saturated rings. The van der Waals surface area contributed by atoms with Gasteiger partial charge < -0.3 is 10.3 Å². The molecule has 1 aromatic carbocycles. The van der Waals surface area contributed by atoms with Crippen molar-refractivity contribution in [3.8, 4) is 0 Å². The second-order valence-electron chi connectivity index (χ2n) is 4.79. The highest BCUT2D eigenvalue weighted by Gasteiger charge is 2.40. The Labute approximate surface area is 129 Å². The maximum Gasteiger partial charge on any atom is 0.262 e. The Kier molecular flexibility index (Phi) is 4.73. The fourth-order valence-electron chi connectivity index (χ4n) is 2.21. The van der Waals surface area contributed by atoms with Crippen molar-refractivity contribution < 1.29 is 13.2 Å². The van der Waals surface area contributed by atoms with E-state index in [-0.39, 0.29) is 12.1 Å². The lowest BCUT2D eigenvalue weighted by Crippen LogP contribution is -2.48. The minimum atomic E-state index is -2.92. The van der Waals surface area contributed by atoms with Crippen LogP contribution < -0.4 is 5.73 Å². The first-order valence-electron chi connectivity index (χ1n) is 6.41. The van der Waals surface area contributed by atoms with Crippen molar-refractivity contribution in [1.29, 1.82) is 0 Å². The lowest BCUT2D eigenvalue weighted by atomic mass is 9.90. The minimum Gasteiger partial charge on any atom is -0.333 e. The number of alkyl halides is 2. The van der Waals surface area contributed by atoms with Gasteiger partial charge >= 0.3 is 0 Å². The number of imidazole rings is 1. The average Bonchev–Trinajstić information content (AvgIpc) is 2.88. The summed E-state index contributed by atoms with van der Waals surface area (Å²) in [6.07, 6.45) is 0.738. The van der Waals surface area contributed by atoms with Crippen LogP contribution in [0, 0.1) is 5.82 Å². The molecule has 0 saturated carbocycles. The zero-order chi connectivity index (χ0) is 15.6. The highest BCUT2D eigenvalue weighted by atomic mass is 79.9. The quantitative estimate of drug-likeness (QED) is 0.885. The fourth-order valence-corrected chi connectivity index (χ4v) is 2.57. The molecule has 2 N–H and O–H groups in total. The molecule has 1 aromatic heterocycles. The van der Waals surface area contributed by atoms with E-state index in [1.54, 1.807) is 6.20 Å². The molecule has 2 aromatic rings. The van der Waals surface area contributed by atoms with Crippen molar-refractivity contribution >= 4 is 15.9 Å². The van der Waals surface area contributed by atoms with Crippen molar-refractivity contribution in [2.45, 2.75) is 31.9 Å². The van der Waals surface area contributed by atoms with Gasteiger partial charge in [-0.25, -0.2) is 18.2 Å². The molecule has 0 bridgehead atoms. The smallest absolute Gasteiger partial charge is 0.262 e. The van der Waals surface area contributed by atoms with Crippen LogP contribution in [0.1, 0.15) is 18.3 Å². The maximum atomic E-state index is 14.0. The molecule has 0 saturated heterocycles. The summed E-state index contributed by atoms with van der Waals surface area (Å²) >= 11 is 3.16. The van der Waals surface area contributed by atoms with E-state index in [0.717, 1.165) is 6.07 Å². The molecule has 1 atom stereocenters. The van der Waals surface area contributed by atoms with Crippen LogP contribution in [0.25, 0.3) is 0 Å². The molecule has 0 aliphatic heterocycles. The van der Waals surface area contributed by atoms with Crippen LogP contribution in [0.3, 0.4) is 0 Å². The molecule has 0 radical (unpaired) electrons. The third kappa shape index (κ3) is 3.13. The Morgan fingerprint density at radius 2 is 2.14 bits per heavy atom. The number of hydrogen-bond acceptors (Lipinski definition) is 2. The van der Waals surface area contributed by atoms with E-state index >= 15 is 0 Å². The molecule has 2 rings (SSSR count). The first-order valence-corrected chi connectivity index (χ1v) is 7.20. The molecule has 0 spiro atoms. The molecule has 3 nitrogen and oxygen atoms in total. The number of nitrogens with zero attached hydrogens (tertiary/aromatic N) is 2. The number of rotatable bonds is 5. The standard InChI is InChI=1S/C14H15BrF3N3/c1-2-12-20-5-6-21(12)8-14(19,13(17)18)10-7-9(15)3-4-11(10)16/h3-7,13H,2,8,19H2,1H3. The van der Waals surface area contributed by atoms with E-state index in [2.05, 4.69) is 20.9 Å². The van der Waals surface area contributed by atoms with Crippen LogP contribution in [0.2, 0.25) is 0 Å². The van der Waals surface area contributed by atoms with Crippen LogP contribution in [-0.4, -0.2) is 16.0 Å². The summed E-state index contributed by atoms with van der Waals surface area (Å²) in [5.41, 5.74) is 3.54. The summed E-state index contributed by atoms with van der Waals surface area (Å²) in [6, 6.07) is 3.86. The van der Waals surface area contributed by atoms with Crippen molar-refractivity contribution in [2.75, 3.05) is 0 Å². The predicted molar refractivity (Wildman–Crippen MR) is 77.6 cm³/mol.